The highest BCUT2D eigenvalue weighted by atomic mass is 32.2. The predicted molar refractivity (Wildman–Crippen MR) is 399 cm³/mol. The molecule has 26 heteroatoms. The number of hydrogen-bond acceptors (Lipinski definition) is 20. The van der Waals surface area contributed by atoms with Gasteiger partial charge < -0.3 is 38.2 Å². The van der Waals surface area contributed by atoms with Crippen molar-refractivity contribution < 1.29 is 83.6 Å². The molecule has 10 aliphatic rings. The van der Waals surface area contributed by atoms with Gasteiger partial charge in [0.1, 0.15) is 35.2 Å². The fraction of sp³-hybridized carbons (Fsp3) is 0.630. The van der Waals surface area contributed by atoms with E-state index in [-0.39, 0.29) is 99.2 Å². The molecule has 14 rings (SSSR count). The van der Waals surface area contributed by atoms with Gasteiger partial charge in [0.25, 0.3) is 0 Å². The Hall–Kier alpha value is -8.00. The van der Waals surface area contributed by atoms with Gasteiger partial charge in [0.2, 0.25) is 55.4 Å². The van der Waals surface area contributed by atoms with Crippen molar-refractivity contribution in [1.29, 1.82) is 0 Å². The van der Waals surface area contributed by atoms with E-state index >= 15 is 0 Å². The van der Waals surface area contributed by atoms with E-state index in [0.717, 1.165) is 136 Å². The van der Waals surface area contributed by atoms with Gasteiger partial charge in [-0.05, 0) is 150 Å². The van der Waals surface area contributed by atoms with Gasteiger partial charge in [0.05, 0.1) is 86.4 Å². The summed E-state index contributed by atoms with van der Waals surface area (Å²) >= 11 is 0. The average molecular weight is 1510 g/mol. The summed E-state index contributed by atoms with van der Waals surface area (Å²) < 4.78 is 92.0. The van der Waals surface area contributed by atoms with Crippen LogP contribution >= 0.6 is 0 Å². The number of sulfonamides is 2. The van der Waals surface area contributed by atoms with E-state index in [4.69, 9.17) is 28.4 Å². The van der Waals surface area contributed by atoms with E-state index in [9.17, 15) is 55.2 Å². The number of carbonyl (C=O) groups excluding carboxylic acids is 8. The molecule has 0 spiro atoms. The zero-order valence-corrected chi connectivity index (χ0v) is 63.7. The smallest absolute Gasteiger partial charge is 0.306 e. The molecule has 10 atom stereocenters. The second kappa shape index (κ2) is 33.5. The lowest BCUT2D eigenvalue weighted by molar-refractivity contribution is -0.150. The number of cyclic esters (lactones) is 1. The molecule has 4 aromatic rings. The summed E-state index contributed by atoms with van der Waals surface area (Å²) in [6, 6.07) is 9.57. The number of carbonyl (C=O) groups is 8. The van der Waals surface area contributed by atoms with Crippen molar-refractivity contribution in [1.82, 2.24) is 29.2 Å². The first kappa shape index (κ1) is 77.2. The number of nitrogens with zero attached hydrogens (tertiary/aromatic N) is 4. The Bertz CT molecular complexity index is 4350. The molecule has 10 bridgehead atoms. The van der Waals surface area contributed by atoms with E-state index < -0.39 is 95.3 Å². The molecule has 0 unspecified atom stereocenters. The van der Waals surface area contributed by atoms with Gasteiger partial charge in [-0.2, -0.15) is 0 Å². The van der Waals surface area contributed by atoms with Gasteiger partial charge >= 0.3 is 5.97 Å². The highest BCUT2D eigenvalue weighted by Gasteiger charge is 2.63. The van der Waals surface area contributed by atoms with Crippen LogP contribution in [0.4, 0.5) is 0 Å². The lowest BCUT2D eigenvalue weighted by Crippen LogP contribution is -2.46. The molecule has 24 nitrogen and oxygen atoms in total. The molecule has 8 heterocycles. The molecule has 3 saturated heterocycles. The molecule has 107 heavy (non-hydrogen) atoms. The maximum absolute atomic E-state index is 14.7. The average Bonchev–Trinajstić information content (AvgIpc) is 1.58. The van der Waals surface area contributed by atoms with Crippen LogP contribution < -0.4 is 33.1 Å². The van der Waals surface area contributed by atoms with Gasteiger partial charge in [-0.3, -0.25) is 47.8 Å². The summed E-state index contributed by atoms with van der Waals surface area (Å²) in [7, 11) is -2.85. The molecule has 0 radical (unpaired) electrons. The number of esters is 1. The Balaban J connectivity index is 0.000000189. The van der Waals surface area contributed by atoms with E-state index in [1.165, 1.54) is 12.0 Å². The van der Waals surface area contributed by atoms with E-state index in [1.54, 1.807) is 31.4 Å². The number of hydrogen-bond donors (Lipinski definition) is 2. The molecular formula is C81H104N6O18S2. The second-order valence-electron chi connectivity index (χ2n) is 31.7. The van der Waals surface area contributed by atoms with Crippen LogP contribution in [0.15, 0.2) is 60.8 Å². The minimum Gasteiger partial charge on any atom is -0.496 e. The van der Waals surface area contributed by atoms with Crippen molar-refractivity contribution in [3.63, 3.8) is 0 Å². The number of nitrogens with one attached hydrogen (secondary N) is 2. The number of rotatable bonds is 9. The maximum Gasteiger partial charge on any atom is 0.306 e. The van der Waals surface area contributed by atoms with Gasteiger partial charge in [-0.1, -0.05) is 88.5 Å². The second-order valence-corrected chi connectivity index (χ2v) is 35.6. The van der Waals surface area contributed by atoms with Crippen LogP contribution in [0.2, 0.25) is 0 Å². The number of ketones is 3. The van der Waals surface area contributed by atoms with Crippen LogP contribution in [0.1, 0.15) is 217 Å². The summed E-state index contributed by atoms with van der Waals surface area (Å²) in [6.45, 7) is 0.427. The van der Waals surface area contributed by atoms with Crippen LogP contribution in [0.5, 0.6) is 29.0 Å². The van der Waals surface area contributed by atoms with Crippen molar-refractivity contribution in [3.8, 4) is 29.0 Å². The van der Waals surface area contributed by atoms with E-state index in [2.05, 4.69) is 25.5 Å². The number of methoxy groups -OCH3 is 3. The van der Waals surface area contributed by atoms with Crippen LogP contribution in [0, 0.1) is 34.5 Å². The molecule has 2 aromatic heterocycles. The van der Waals surface area contributed by atoms with Gasteiger partial charge in [0.15, 0.2) is 11.6 Å². The molecule has 578 valence electrons. The van der Waals surface area contributed by atoms with Crippen LogP contribution in [-0.4, -0.2) is 159 Å². The van der Waals surface area contributed by atoms with Crippen molar-refractivity contribution in [2.75, 3.05) is 41.0 Å². The molecule has 7 fully saturated rings. The third kappa shape index (κ3) is 18.2. The monoisotopic (exact) mass is 1510 g/mol. The molecule has 4 saturated carbocycles. The Kier molecular flexibility index (Phi) is 24.1. The fourth-order valence-corrected chi connectivity index (χ4v) is 20.0. The Morgan fingerprint density at radius 3 is 1.85 bits per heavy atom. The molecule has 4 amide bonds. The summed E-state index contributed by atoms with van der Waals surface area (Å²) in [5.74, 6) is -1.81. The fourth-order valence-electron chi connectivity index (χ4n) is 17.2. The van der Waals surface area contributed by atoms with Crippen molar-refractivity contribution in [2.45, 2.75) is 247 Å². The first-order valence-electron chi connectivity index (χ1n) is 39.2. The third-order valence-electron chi connectivity index (χ3n) is 23.9. The predicted octanol–water partition coefficient (Wildman–Crippen LogP) is 11.4. The third-order valence-corrected chi connectivity index (χ3v) is 27.6. The summed E-state index contributed by atoms with van der Waals surface area (Å²) in [6.07, 6.45) is 27.9. The number of amides is 4. The lowest BCUT2D eigenvalue weighted by atomic mass is 9.89. The van der Waals surface area contributed by atoms with Crippen LogP contribution in [0.3, 0.4) is 0 Å². The Morgan fingerprint density at radius 1 is 0.589 bits per heavy atom. The van der Waals surface area contributed by atoms with Gasteiger partial charge in [0, 0.05) is 85.0 Å². The van der Waals surface area contributed by atoms with Crippen molar-refractivity contribution >= 4 is 94.7 Å². The summed E-state index contributed by atoms with van der Waals surface area (Å²) in [5, 5.41) is 1.22. The Labute approximate surface area is 627 Å². The zero-order valence-electron chi connectivity index (χ0n) is 62.0. The number of Topliss-reactive ketones (excluding diaryl/α,β-unsaturated/α-hetero) is 3. The number of benzene rings is 2. The maximum atomic E-state index is 14.7. The summed E-state index contributed by atoms with van der Waals surface area (Å²) in [4.78, 5) is 125. The molecule has 4 aliphatic carbocycles. The first-order chi connectivity index (χ1) is 51.6. The minimum atomic E-state index is -3.83. The van der Waals surface area contributed by atoms with E-state index in [0.29, 0.717) is 99.4 Å². The van der Waals surface area contributed by atoms with Gasteiger partial charge in [-0.25, -0.2) is 26.8 Å². The number of fused-ring (bicyclic) bond motifs is 8. The van der Waals surface area contributed by atoms with Crippen molar-refractivity contribution in [2.24, 2.45) is 34.5 Å². The van der Waals surface area contributed by atoms with Crippen LogP contribution in [-0.2, 0) is 69.6 Å². The first-order valence-corrected chi connectivity index (χ1v) is 42.3. The molecule has 6 aliphatic heterocycles. The Morgan fingerprint density at radius 2 is 1.19 bits per heavy atom. The molecular weight excluding hydrogens is 1410 g/mol. The quantitative estimate of drug-likeness (QED) is 0.116. The van der Waals surface area contributed by atoms with Crippen molar-refractivity contribution in [3.05, 3.63) is 72.0 Å². The van der Waals surface area contributed by atoms with E-state index in [1.807, 2.05) is 48.6 Å². The largest absolute Gasteiger partial charge is 0.496 e. The minimum absolute atomic E-state index is 0.0735. The summed E-state index contributed by atoms with van der Waals surface area (Å²) in [5.41, 5.74) is 0.126. The number of aryl methyl sites for hydroxylation is 1. The standard InChI is InChI=1S/C42H57N3O9S.C39H47N3O9S/c1-52-37-22-34-33-20-27(37)13-9-5-4-8-12-16-30(46)19-28-14-10-6-3-7-11-15-29-24-42(29,41(49)44-55(50,51)32-17-18-32)25-36(47)35-21-31(26-45(35)40(28)48)54-38(33)23-39(43-34)53-2;1-49-34-19-25-15-16-40-36-31(25)18-26(34)10-7-5-9-17-50-35(44)20-27-11-6-3-2-4-8-12-28-22-39(28,38(46)41-52(47,48)30-13-14-30)23-33(43)32-21-29(51-36)24-42(32)37(27)45/h20,22-23,28-29,31-32,35H,3-19,21,24-26H2,1-2H3,(H,44,49);7-8,10,12,15-16,18-19,27-30,32H,2-6,9,11,13-14,17,20-24H2,1H3,(H,41,46)/b;10-7+,12-8-/t28-,29-,31-,35+,42-;27-,28-,29-,32+,39-/m11/s1. The molecule has 2 aromatic carbocycles. The van der Waals surface area contributed by atoms with Gasteiger partial charge in [-0.15, -0.1) is 0 Å². The number of aromatic nitrogens is 2. The number of allylic oxidation sites excluding steroid dienone is 3. The van der Waals surface area contributed by atoms with Crippen LogP contribution in [0.25, 0.3) is 27.8 Å². The zero-order chi connectivity index (χ0) is 75.2. The highest BCUT2D eigenvalue weighted by molar-refractivity contribution is 7.91. The number of pyridine rings is 2. The number of ether oxygens (including phenoxy) is 6. The normalized spacial score (nSPS) is 29.5. The SMILES string of the molecule is COc1cc2c3cc(c(OC)cc3n1)CCCCCCCC(=O)C[C@H]1CCCCCCC[C@@H]3C[C@@]3(C(=O)NS(=O)(=O)C3CC3)CC(=O)[C@@H]3C[C@H](CN3C1=O)O2.COc1cc2ccnc3c2cc1/C=C/CCCOC(=O)C[C@H]1CCCCC/C=C\[C@@H]2C[C@@]2(C(=O)NS(=O)(=O)C2CC2)CC(=O)[C@@H]2C[C@H](CN2C1=O)O3. The molecule has 2 N–H and O–H groups in total. The highest BCUT2D eigenvalue weighted by Crippen LogP contribution is 2.60. The topological polar surface area (TPSA) is 317 Å². The lowest BCUT2D eigenvalue weighted by Gasteiger charge is -2.29.